The van der Waals surface area contributed by atoms with Crippen LogP contribution < -0.4 is 4.90 Å². The third kappa shape index (κ3) is 3.30. The lowest BCUT2D eigenvalue weighted by atomic mass is 10.0. The minimum Gasteiger partial charge on any atom is -0.464 e. The van der Waals surface area contributed by atoms with E-state index in [1.165, 1.54) is 23.6 Å². The molecule has 1 fully saturated rings. The minimum absolute atomic E-state index is 0.0698. The Hall–Kier alpha value is -3.35. The average molecular weight is 405 g/mol. The third-order valence-electron chi connectivity index (χ3n) is 6.26. The Morgan fingerprint density at radius 3 is 2.57 bits per heavy atom. The topological polar surface area (TPSA) is 79.8 Å². The Labute approximate surface area is 174 Å². The van der Waals surface area contributed by atoms with Gasteiger partial charge in [-0.3, -0.25) is 14.9 Å². The Bertz CT molecular complexity index is 1130. The van der Waals surface area contributed by atoms with Crippen LogP contribution in [0.15, 0.2) is 47.1 Å². The molecule has 2 heterocycles. The van der Waals surface area contributed by atoms with Gasteiger partial charge in [-0.15, -0.1) is 0 Å². The lowest BCUT2D eigenvalue weighted by Gasteiger charge is -2.35. The molecule has 30 heavy (non-hydrogen) atoms. The summed E-state index contributed by atoms with van der Waals surface area (Å²) in [6.45, 7) is 2.26. The van der Waals surface area contributed by atoms with Crippen molar-refractivity contribution in [2.24, 2.45) is 0 Å². The van der Waals surface area contributed by atoms with Crippen LogP contribution in [-0.4, -0.2) is 41.9 Å². The molecule has 1 aliphatic carbocycles. The molecule has 154 valence electrons. The summed E-state index contributed by atoms with van der Waals surface area (Å²) < 4.78 is 5.73. The van der Waals surface area contributed by atoms with Crippen LogP contribution >= 0.6 is 0 Å². The van der Waals surface area contributed by atoms with Crippen molar-refractivity contribution in [3.05, 3.63) is 69.5 Å². The Balaban J connectivity index is 1.27. The maximum absolute atomic E-state index is 12.9. The number of carbonyl (C=O) groups excluding carboxylic acids is 1. The van der Waals surface area contributed by atoms with E-state index in [9.17, 15) is 14.9 Å². The van der Waals surface area contributed by atoms with Crippen LogP contribution in [0, 0.1) is 10.1 Å². The summed E-state index contributed by atoms with van der Waals surface area (Å²) in [5, 5.41) is 12.3. The lowest BCUT2D eigenvalue weighted by Crippen LogP contribution is -2.49. The highest BCUT2D eigenvalue weighted by Crippen LogP contribution is 2.31. The molecule has 1 amide bonds. The van der Waals surface area contributed by atoms with Crippen LogP contribution in [0.1, 0.15) is 23.1 Å². The molecule has 3 aromatic rings. The highest BCUT2D eigenvalue weighted by molar-refractivity contribution is 5.89. The van der Waals surface area contributed by atoms with Gasteiger partial charge >= 0.3 is 0 Å². The molecule has 1 saturated heterocycles. The molecule has 0 spiro atoms. The number of anilines is 1. The number of hydrogen-bond donors (Lipinski definition) is 0. The van der Waals surface area contributed by atoms with Gasteiger partial charge in [-0.2, -0.15) is 0 Å². The standard InChI is InChI=1S/C23H23N3O4/c27-23(14-18-15-30-22-13-17-5-3-4-16(17)12-19(18)22)25-10-8-24(9-11-25)20-6-1-2-7-21(20)26(28)29/h1-2,6-7,12-13,15H,3-5,8-11,14H2. The van der Waals surface area contributed by atoms with E-state index in [1.54, 1.807) is 24.5 Å². The fourth-order valence-corrected chi connectivity index (χ4v) is 4.64. The Kier molecular flexibility index (Phi) is 4.65. The molecule has 0 unspecified atom stereocenters. The first-order valence-corrected chi connectivity index (χ1v) is 10.4. The van der Waals surface area contributed by atoms with Gasteiger partial charge < -0.3 is 14.2 Å². The largest absolute Gasteiger partial charge is 0.464 e. The van der Waals surface area contributed by atoms with Crippen molar-refractivity contribution < 1.29 is 14.1 Å². The van der Waals surface area contributed by atoms with E-state index in [-0.39, 0.29) is 16.5 Å². The Morgan fingerprint density at radius 1 is 1.07 bits per heavy atom. The van der Waals surface area contributed by atoms with Crippen molar-refractivity contribution in [2.45, 2.75) is 25.7 Å². The van der Waals surface area contributed by atoms with Gasteiger partial charge in [0.1, 0.15) is 11.3 Å². The van der Waals surface area contributed by atoms with Gasteiger partial charge in [-0.05, 0) is 48.6 Å². The minimum atomic E-state index is -0.354. The summed E-state index contributed by atoms with van der Waals surface area (Å²) in [6.07, 6.45) is 5.40. The van der Waals surface area contributed by atoms with Gasteiger partial charge in [0.05, 0.1) is 17.6 Å². The van der Waals surface area contributed by atoms with Gasteiger partial charge in [0.25, 0.3) is 5.69 Å². The number of amides is 1. The number of furan rings is 1. The second kappa shape index (κ2) is 7.48. The van der Waals surface area contributed by atoms with Crippen LogP contribution in [0.3, 0.4) is 0 Å². The molecule has 5 rings (SSSR count). The fraction of sp³-hybridized carbons (Fsp3) is 0.348. The molecular formula is C23H23N3O4. The zero-order chi connectivity index (χ0) is 20.7. The number of fused-ring (bicyclic) bond motifs is 2. The summed E-state index contributed by atoms with van der Waals surface area (Å²) in [7, 11) is 0. The molecule has 2 aliphatic rings. The van der Waals surface area contributed by atoms with Crippen LogP contribution in [0.5, 0.6) is 0 Å². The molecule has 7 nitrogen and oxygen atoms in total. The zero-order valence-electron chi connectivity index (χ0n) is 16.7. The number of benzene rings is 2. The van der Waals surface area contributed by atoms with Crippen molar-refractivity contribution in [1.82, 2.24) is 4.90 Å². The van der Waals surface area contributed by atoms with E-state index >= 15 is 0 Å². The van der Waals surface area contributed by atoms with Crippen LogP contribution in [0.4, 0.5) is 11.4 Å². The SMILES string of the molecule is O=C(Cc1coc2cc3c(cc12)CCC3)N1CCN(c2ccccc2[N+](=O)[O-])CC1. The smallest absolute Gasteiger partial charge is 0.292 e. The number of nitro groups is 1. The first-order valence-electron chi connectivity index (χ1n) is 10.4. The number of carbonyl (C=O) groups is 1. The molecular weight excluding hydrogens is 382 g/mol. The fourth-order valence-electron chi connectivity index (χ4n) is 4.64. The van der Waals surface area contributed by atoms with E-state index < -0.39 is 0 Å². The molecule has 7 heteroatoms. The summed E-state index contributed by atoms with van der Waals surface area (Å²) >= 11 is 0. The van der Waals surface area contributed by atoms with E-state index in [0.717, 1.165) is 29.4 Å². The number of nitrogens with zero attached hydrogens (tertiary/aromatic N) is 3. The van der Waals surface area contributed by atoms with Gasteiger partial charge in [0, 0.05) is 43.2 Å². The number of rotatable bonds is 4. The van der Waals surface area contributed by atoms with E-state index in [2.05, 4.69) is 12.1 Å². The molecule has 0 radical (unpaired) electrons. The summed E-state index contributed by atoms with van der Waals surface area (Å²) in [5.74, 6) is 0.0698. The second-order valence-electron chi connectivity index (χ2n) is 8.02. The quantitative estimate of drug-likeness (QED) is 0.488. The summed E-state index contributed by atoms with van der Waals surface area (Å²) in [4.78, 5) is 27.7. The number of para-hydroxylation sites is 2. The van der Waals surface area contributed by atoms with Gasteiger partial charge in [-0.25, -0.2) is 0 Å². The second-order valence-corrected chi connectivity index (χ2v) is 8.02. The van der Waals surface area contributed by atoms with Crippen molar-refractivity contribution >= 4 is 28.3 Å². The zero-order valence-corrected chi connectivity index (χ0v) is 16.7. The number of hydrogen-bond acceptors (Lipinski definition) is 5. The maximum Gasteiger partial charge on any atom is 0.292 e. The average Bonchev–Trinajstić information content (AvgIpc) is 3.38. The highest BCUT2D eigenvalue weighted by atomic mass is 16.6. The van der Waals surface area contributed by atoms with Gasteiger partial charge in [0.15, 0.2) is 0 Å². The van der Waals surface area contributed by atoms with Crippen molar-refractivity contribution in [1.29, 1.82) is 0 Å². The normalized spacial score (nSPS) is 16.1. The van der Waals surface area contributed by atoms with Crippen LogP contribution in [-0.2, 0) is 24.1 Å². The predicted molar refractivity (Wildman–Crippen MR) is 114 cm³/mol. The first kappa shape index (κ1) is 18.7. The molecule has 1 aromatic heterocycles. The van der Waals surface area contributed by atoms with Crippen molar-refractivity contribution in [3.8, 4) is 0 Å². The van der Waals surface area contributed by atoms with Crippen molar-refractivity contribution in [3.63, 3.8) is 0 Å². The molecule has 0 atom stereocenters. The monoisotopic (exact) mass is 405 g/mol. The van der Waals surface area contributed by atoms with Crippen LogP contribution in [0.25, 0.3) is 11.0 Å². The molecule has 2 aromatic carbocycles. The summed E-state index contributed by atoms with van der Waals surface area (Å²) in [6, 6.07) is 11.1. The lowest BCUT2D eigenvalue weighted by molar-refractivity contribution is -0.384. The number of nitro benzene ring substituents is 1. The maximum atomic E-state index is 12.9. The molecule has 0 saturated carbocycles. The van der Waals surface area contributed by atoms with E-state index in [4.69, 9.17) is 4.42 Å². The van der Waals surface area contributed by atoms with E-state index in [0.29, 0.717) is 38.3 Å². The molecule has 1 aliphatic heterocycles. The number of piperazine rings is 1. The first-order chi connectivity index (χ1) is 14.6. The van der Waals surface area contributed by atoms with Crippen molar-refractivity contribution in [2.75, 3.05) is 31.1 Å². The highest BCUT2D eigenvalue weighted by Gasteiger charge is 2.26. The molecule has 0 bridgehead atoms. The number of aryl methyl sites for hydroxylation is 2. The summed E-state index contributed by atoms with van der Waals surface area (Å²) in [5.41, 5.74) is 5.25. The van der Waals surface area contributed by atoms with Gasteiger partial charge in [-0.1, -0.05) is 12.1 Å². The predicted octanol–water partition coefficient (Wildman–Crippen LogP) is 3.72. The molecule has 0 N–H and O–H groups in total. The third-order valence-corrected chi connectivity index (χ3v) is 6.26. The van der Waals surface area contributed by atoms with Crippen LogP contribution in [0.2, 0.25) is 0 Å². The Morgan fingerprint density at radius 2 is 1.80 bits per heavy atom. The van der Waals surface area contributed by atoms with E-state index in [1.807, 2.05) is 9.80 Å². The van der Waals surface area contributed by atoms with Gasteiger partial charge in [0.2, 0.25) is 5.91 Å².